The number of hydrogen-bond acceptors (Lipinski definition) is 5. The third-order valence-electron chi connectivity index (χ3n) is 5.52. The minimum absolute atomic E-state index is 0.0140. The zero-order valence-corrected chi connectivity index (χ0v) is 18.8. The van der Waals surface area contributed by atoms with Gasteiger partial charge in [-0.1, -0.05) is 23.8 Å². The molecule has 7 nitrogen and oxygen atoms in total. The zero-order valence-electron chi connectivity index (χ0n) is 18.8. The van der Waals surface area contributed by atoms with E-state index in [0.717, 1.165) is 29.7 Å². The summed E-state index contributed by atoms with van der Waals surface area (Å²) < 4.78 is 10.7. The van der Waals surface area contributed by atoms with Crippen LogP contribution in [-0.2, 0) is 9.59 Å². The monoisotopic (exact) mass is 438 g/mol. The predicted molar refractivity (Wildman–Crippen MR) is 121 cm³/mol. The number of nitrogens with zero attached hydrogens (tertiary/aromatic N) is 1. The Balaban J connectivity index is 1.41. The zero-order chi connectivity index (χ0) is 23.1. The molecule has 3 rings (SSSR count). The number of esters is 1. The van der Waals surface area contributed by atoms with E-state index in [9.17, 15) is 14.4 Å². The minimum atomic E-state index is -0.420. The van der Waals surface area contributed by atoms with Gasteiger partial charge in [-0.05, 0) is 62.4 Å². The third-order valence-corrected chi connectivity index (χ3v) is 5.52. The van der Waals surface area contributed by atoms with Gasteiger partial charge in [-0.2, -0.15) is 0 Å². The van der Waals surface area contributed by atoms with Gasteiger partial charge in [0.2, 0.25) is 0 Å². The highest BCUT2D eigenvalue weighted by Crippen LogP contribution is 2.21. The van der Waals surface area contributed by atoms with Crippen molar-refractivity contribution in [3.8, 4) is 11.5 Å². The Morgan fingerprint density at radius 2 is 1.81 bits per heavy atom. The number of benzene rings is 2. The maximum atomic E-state index is 12.8. The summed E-state index contributed by atoms with van der Waals surface area (Å²) in [5.41, 5.74) is 2.66. The van der Waals surface area contributed by atoms with Gasteiger partial charge in [0.05, 0.1) is 0 Å². The van der Waals surface area contributed by atoms with E-state index in [1.165, 1.54) is 6.92 Å². The van der Waals surface area contributed by atoms with Crippen LogP contribution in [0, 0.1) is 19.8 Å². The molecule has 0 saturated carbocycles. The van der Waals surface area contributed by atoms with Crippen molar-refractivity contribution in [2.24, 2.45) is 5.92 Å². The first-order chi connectivity index (χ1) is 15.3. The first kappa shape index (κ1) is 23.3. The molecule has 0 aromatic heterocycles. The standard InChI is InChI=1S/C25H30N2O5/c1-17-7-8-23(18(2)13-17)31-16-24(29)26-15-20-9-11-27(12-10-20)25(30)21-5-4-6-22(14-21)32-19(3)28/h4-8,13-14,20H,9-12,15-16H2,1-3H3,(H,26,29). The highest BCUT2D eigenvalue weighted by Gasteiger charge is 2.24. The van der Waals surface area contributed by atoms with Crippen molar-refractivity contribution in [3.63, 3.8) is 0 Å². The van der Waals surface area contributed by atoms with Crippen LogP contribution in [0.5, 0.6) is 11.5 Å². The number of carbonyl (C=O) groups is 3. The number of rotatable bonds is 7. The van der Waals surface area contributed by atoms with Crippen molar-refractivity contribution in [1.82, 2.24) is 10.2 Å². The second kappa shape index (κ2) is 10.8. The molecule has 0 atom stereocenters. The van der Waals surface area contributed by atoms with Crippen LogP contribution >= 0.6 is 0 Å². The summed E-state index contributed by atoms with van der Waals surface area (Å²) in [7, 11) is 0. The summed E-state index contributed by atoms with van der Waals surface area (Å²) in [6.07, 6.45) is 1.63. The first-order valence-electron chi connectivity index (χ1n) is 10.9. The van der Waals surface area contributed by atoms with E-state index in [2.05, 4.69) is 5.32 Å². The van der Waals surface area contributed by atoms with Gasteiger partial charge in [-0.3, -0.25) is 14.4 Å². The van der Waals surface area contributed by atoms with Gasteiger partial charge in [0.25, 0.3) is 11.8 Å². The first-order valence-corrected chi connectivity index (χ1v) is 10.9. The number of aryl methyl sites for hydroxylation is 2. The average Bonchev–Trinajstić information content (AvgIpc) is 2.76. The Kier molecular flexibility index (Phi) is 7.87. The molecule has 0 spiro atoms. The van der Waals surface area contributed by atoms with Crippen molar-refractivity contribution in [2.45, 2.75) is 33.6 Å². The van der Waals surface area contributed by atoms with E-state index in [1.807, 2.05) is 32.0 Å². The fourth-order valence-corrected chi connectivity index (χ4v) is 3.80. The second-order valence-electron chi connectivity index (χ2n) is 8.22. The van der Waals surface area contributed by atoms with Crippen LogP contribution in [0.1, 0.15) is 41.3 Å². The highest BCUT2D eigenvalue weighted by molar-refractivity contribution is 5.94. The normalized spacial score (nSPS) is 14.0. The minimum Gasteiger partial charge on any atom is -0.484 e. The molecule has 1 heterocycles. The topological polar surface area (TPSA) is 84.9 Å². The molecule has 1 saturated heterocycles. The lowest BCUT2D eigenvalue weighted by Crippen LogP contribution is -2.42. The maximum absolute atomic E-state index is 12.8. The number of hydrogen-bond donors (Lipinski definition) is 1. The molecule has 1 N–H and O–H groups in total. The lowest BCUT2D eigenvalue weighted by molar-refractivity contribution is -0.131. The largest absolute Gasteiger partial charge is 0.484 e. The summed E-state index contributed by atoms with van der Waals surface area (Å²) in [6.45, 7) is 7.10. The molecule has 1 aliphatic rings. The van der Waals surface area contributed by atoms with Crippen molar-refractivity contribution >= 4 is 17.8 Å². The van der Waals surface area contributed by atoms with Gasteiger partial charge in [0.15, 0.2) is 6.61 Å². The van der Waals surface area contributed by atoms with Crippen LogP contribution in [0.25, 0.3) is 0 Å². The molecule has 0 radical (unpaired) electrons. The van der Waals surface area contributed by atoms with Crippen LogP contribution in [0.4, 0.5) is 0 Å². The van der Waals surface area contributed by atoms with Crippen molar-refractivity contribution in [3.05, 3.63) is 59.2 Å². The van der Waals surface area contributed by atoms with E-state index in [4.69, 9.17) is 9.47 Å². The summed E-state index contributed by atoms with van der Waals surface area (Å²) >= 11 is 0. The summed E-state index contributed by atoms with van der Waals surface area (Å²) in [5.74, 6) is 0.752. The molecular weight excluding hydrogens is 408 g/mol. The van der Waals surface area contributed by atoms with Gasteiger partial charge in [-0.25, -0.2) is 0 Å². The van der Waals surface area contributed by atoms with Crippen molar-refractivity contribution < 1.29 is 23.9 Å². The van der Waals surface area contributed by atoms with E-state index < -0.39 is 5.97 Å². The quantitative estimate of drug-likeness (QED) is 0.530. The Bertz CT molecular complexity index is 980. The van der Waals surface area contributed by atoms with Crippen molar-refractivity contribution in [2.75, 3.05) is 26.2 Å². The van der Waals surface area contributed by atoms with E-state index in [0.29, 0.717) is 36.9 Å². The molecule has 32 heavy (non-hydrogen) atoms. The number of amides is 2. The average molecular weight is 439 g/mol. The molecule has 1 fully saturated rings. The molecule has 7 heteroatoms. The molecule has 2 aromatic carbocycles. The fourth-order valence-electron chi connectivity index (χ4n) is 3.80. The number of nitrogens with one attached hydrogen (secondary N) is 1. The molecule has 0 aliphatic carbocycles. The van der Waals surface area contributed by atoms with Crippen LogP contribution in [-0.4, -0.2) is 48.9 Å². The fraction of sp³-hybridized carbons (Fsp3) is 0.400. The Morgan fingerprint density at radius 3 is 2.50 bits per heavy atom. The number of likely N-dealkylation sites (tertiary alicyclic amines) is 1. The third kappa shape index (κ3) is 6.57. The smallest absolute Gasteiger partial charge is 0.308 e. The number of carbonyl (C=O) groups excluding carboxylic acids is 3. The molecule has 2 aromatic rings. The van der Waals surface area contributed by atoms with Gasteiger partial charge < -0.3 is 19.7 Å². The second-order valence-corrected chi connectivity index (χ2v) is 8.22. The summed E-state index contributed by atoms with van der Waals surface area (Å²) in [4.78, 5) is 37.9. The predicted octanol–water partition coefficient (Wildman–Crippen LogP) is 3.28. The van der Waals surface area contributed by atoms with Crippen LogP contribution < -0.4 is 14.8 Å². The molecule has 170 valence electrons. The van der Waals surface area contributed by atoms with Crippen molar-refractivity contribution in [1.29, 1.82) is 0 Å². The lowest BCUT2D eigenvalue weighted by Gasteiger charge is -2.32. The number of piperidine rings is 1. The van der Waals surface area contributed by atoms with Gasteiger partial charge in [0.1, 0.15) is 11.5 Å². The van der Waals surface area contributed by atoms with Gasteiger partial charge in [-0.15, -0.1) is 0 Å². The SMILES string of the molecule is CC(=O)Oc1cccc(C(=O)N2CCC(CNC(=O)COc3ccc(C)cc3C)CC2)c1. The number of ether oxygens (including phenoxy) is 2. The van der Waals surface area contributed by atoms with Crippen LogP contribution in [0.2, 0.25) is 0 Å². The van der Waals surface area contributed by atoms with Crippen LogP contribution in [0.15, 0.2) is 42.5 Å². The van der Waals surface area contributed by atoms with E-state index in [-0.39, 0.29) is 18.4 Å². The summed E-state index contributed by atoms with van der Waals surface area (Å²) in [5, 5.41) is 2.94. The van der Waals surface area contributed by atoms with E-state index >= 15 is 0 Å². The highest BCUT2D eigenvalue weighted by atomic mass is 16.5. The lowest BCUT2D eigenvalue weighted by atomic mass is 9.96. The molecule has 0 bridgehead atoms. The maximum Gasteiger partial charge on any atom is 0.308 e. The molecule has 0 unspecified atom stereocenters. The van der Waals surface area contributed by atoms with E-state index in [1.54, 1.807) is 29.2 Å². The molecule has 1 aliphatic heterocycles. The Morgan fingerprint density at radius 1 is 1.06 bits per heavy atom. The van der Waals surface area contributed by atoms with Gasteiger partial charge >= 0.3 is 5.97 Å². The molecular formula is C25H30N2O5. The Hall–Kier alpha value is -3.35. The summed E-state index contributed by atoms with van der Waals surface area (Å²) in [6, 6.07) is 12.5. The molecule has 2 amide bonds. The Labute approximate surface area is 188 Å². The van der Waals surface area contributed by atoms with Gasteiger partial charge in [0, 0.05) is 32.1 Å². The van der Waals surface area contributed by atoms with Crippen LogP contribution in [0.3, 0.4) is 0 Å².